The van der Waals surface area contributed by atoms with Crippen molar-refractivity contribution in [1.29, 1.82) is 0 Å². The van der Waals surface area contributed by atoms with Gasteiger partial charge in [-0.15, -0.1) is 0 Å². The van der Waals surface area contributed by atoms with Crippen LogP contribution in [0.1, 0.15) is 45.6 Å². The molecule has 51 heavy (non-hydrogen) atoms. The average Bonchev–Trinajstić information content (AvgIpc) is 3.61. The molecule has 5 atom stereocenters. The molecule has 0 spiro atoms. The molecule has 0 saturated carbocycles. The highest BCUT2D eigenvalue weighted by Gasteiger charge is 2.42. The predicted octanol–water partition coefficient (Wildman–Crippen LogP) is 0.437. The Morgan fingerprint density at radius 1 is 1.00 bits per heavy atom. The zero-order valence-electron chi connectivity index (χ0n) is 29.3. The Kier molecular flexibility index (Phi) is 13.4. The van der Waals surface area contributed by atoms with E-state index in [1.54, 1.807) is 55.5 Å². The Hall–Kier alpha value is -5.54. The molecule has 2 aromatic rings. The largest absolute Gasteiger partial charge is 0.462 e. The van der Waals surface area contributed by atoms with Crippen LogP contribution >= 0.6 is 0 Å². The topological polar surface area (TPSA) is 199 Å². The van der Waals surface area contributed by atoms with Crippen molar-refractivity contribution in [2.24, 2.45) is 0 Å². The second kappa shape index (κ2) is 17.9. The van der Waals surface area contributed by atoms with Gasteiger partial charge in [0.05, 0.1) is 0 Å². The van der Waals surface area contributed by atoms with Gasteiger partial charge in [0.2, 0.25) is 29.5 Å². The summed E-state index contributed by atoms with van der Waals surface area (Å²) >= 11 is 0. The van der Waals surface area contributed by atoms with E-state index < -0.39 is 84.9 Å². The molecule has 2 aliphatic heterocycles. The minimum Gasteiger partial charge on any atom is -0.462 e. The molecule has 2 saturated heterocycles. The van der Waals surface area contributed by atoms with Crippen LogP contribution in [0.5, 0.6) is 0 Å². The van der Waals surface area contributed by atoms with Crippen LogP contribution in [0.25, 0.3) is 0 Å². The van der Waals surface area contributed by atoms with E-state index in [1.807, 2.05) is 6.92 Å². The maximum Gasteiger partial charge on any atom is 0.325 e. The number of ether oxygens (including phenoxy) is 1. The SMILES string of the molecule is CCCN1C(=O)C2CCCN2C(=O)C(NC(=O)C(Cc2ccccc2)NC(=O)Nc2ccccn2)COC(=O)CN(C)C(=O)C(C)NC(=O)C1C. The molecule has 16 nitrogen and oxygen atoms in total. The molecule has 1 aromatic heterocycles. The zero-order chi connectivity index (χ0) is 37.1. The molecular formula is C35H46N8O8. The van der Waals surface area contributed by atoms with E-state index >= 15 is 0 Å². The molecule has 2 aliphatic rings. The quantitative estimate of drug-likeness (QED) is 0.281. The van der Waals surface area contributed by atoms with Crippen LogP contribution in [0.4, 0.5) is 10.6 Å². The summed E-state index contributed by atoms with van der Waals surface area (Å²) in [6.07, 6.45) is 2.86. The number of nitrogens with zero attached hydrogens (tertiary/aromatic N) is 4. The molecule has 274 valence electrons. The summed E-state index contributed by atoms with van der Waals surface area (Å²) in [5.41, 5.74) is 0.716. The van der Waals surface area contributed by atoms with E-state index in [4.69, 9.17) is 4.74 Å². The number of cyclic esters (lactones) is 1. The Balaban J connectivity index is 1.64. The normalized spacial score (nSPS) is 22.8. The predicted molar refractivity (Wildman–Crippen MR) is 185 cm³/mol. The van der Waals surface area contributed by atoms with Gasteiger partial charge in [-0.05, 0) is 50.8 Å². The van der Waals surface area contributed by atoms with Crippen LogP contribution in [0.2, 0.25) is 0 Å². The minimum atomic E-state index is -1.46. The summed E-state index contributed by atoms with van der Waals surface area (Å²) < 4.78 is 5.43. The number of amides is 7. The van der Waals surface area contributed by atoms with E-state index in [0.29, 0.717) is 24.8 Å². The summed E-state index contributed by atoms with van der Waals surface area (Å²) in [4.78, 5) is 102. The van der Waals surface area contributed by atoms with Gasteiger partial charge >= 0.3 is 12.0 Å². The molecule has 0 aliphatic carbocycles. The van der Waals surface area contributed by atoms with Gasteiger partial charge in [0.1, 0.15) is 49.2 Å². The number of nitrogens with one attached hydrogen (secondary N) is 4. The van der Waals surface area contributed by atoms with Crippen LogP contribution in [-0.4, -0.2) is 125 Å². The fourth-order valence-electron chi connectivity index (χ4n) is 6.03. The number of rotatable bonds is 8. The Morgan fingerprint density at radius 2 is 1.73 bits per heavy atom. The van der Waals surface area contributed by atoms with E-state index in [0.717, 1.165) is 4.90 Å². The lowest BCUT2D eigenvalue weighted by Crippen LogP contribution is -2.60. The third-order valence-electron chi connectivity index (χ3n) is 8.72. The van der Waals surface area contributed by atoms with Crippen molar-refractivity contribution in [3.63, 3.8) is 0 Å². The molecule has 2 fully saturated rings. The first kappa shape index (κ1) is 38.3. The van der Waals surface area contributed by atoms with Crippen molar-refractivity contribution in [2.45, 2.75) is 76.7 Å². The van der Waals surface area contributed by atoms with Gasteiger partial charge in [0.25, 0.3) is 0 Å². The fraction of sp³-hybridized carbons (Fsp3) is 0.486. The number of aromatic nitrogens is 1. The summed E-state index contributed by atoms with van der Waals surface area (Å²) in [7, 11) is 1.36. The lowest BCUT2D eigenvalue weighted by molar-refractivity contribution is -0.155. The highest BCUT2D eigenvalue weighted by atomic mass is 16.5. The number of carbonyl (C=O) groups excluding carboxylic acids is 7. The average molecular weight is 707 g/mol. The Morgan fingerprint density at radius 3 is 2.41 bits per heavy atom. The zero-order valence-corrected chi connectivity index (χ0v) is 29.3. The Bertz CT molecular complexity index is 1580. The third-order valence-corrected chi connectivity index (χ3v) is 8.72. The van der Waals surface area contributed by atoms with E-state index in [2.05, 4.69) is 26.3 Å². The van der Waals surface area contributed by atoms with E-state index in [-0.39, 0.29) is 25.3 Å². The van der Waals surface area contributed by atoms with Crippen molar-refractivity contribution in [3.05, 3.63) is 60.3 Å². The molecule has 7 amide bonds. The lowest BCUT2D eigenvalue weighted by Gasteiger charge is -2.35. The van der Waals surface area contributed by atoms with Crippen LogP contribution < -0.4 is 21.3 Å². The monoisotopic (exact) mass is 706 g/mol. The van der Waals surface area contributed by atoms with Gasteiger partial charge in [-0.2, -0.15) is 0 Å². The molecule has 16 heteroatoms. The van der Waals surface area contributed by atoms with Gasteiger partial charge in [0.15, 0.2) is 0 Å². The minimum absolute atomic E-state index is 0.0465. The number of likely N-dealkylation sites (N-methyl/N-ethyl adjacent to an activating group) is 1. The number of urea groups is 1. The lowest BCUT2D eigenvalue weighted by atomic mass is 10.0. The number of pyridine rings is 1. The highest BCUT2D eigenvalue weighted by Crippen LogP contribution is 2.22. The van der Waals surface area contributed by atoms with E-state index in [1.165, 1.54) is 30.0 Å². The van der Waals surface area contributed by atoms with Crippen molar-refractivity contribution in [2.75, 3.05) is 38.6 Å². The van der Waals surface area contributed by atoms with Crippen LogP contribution in [0.15, 0.2) is 54.7 Å². The summed E-state index contributed by atoms with van der Waals surface area (Å²) in [6, 6.07) is 7.57. The number of benzene rings is 1. The highest BCUT2D eigenvalue weighted by molar-refractivity contribution is 5.98. The van der Waals surface area contributed by atoms with Crippen LogP contribution in [0.3, 0.4) is 0 Å². The number of hydrogen-bond donors (Lipinski definition) is 4. The first-order chi connectivity index (χ1) is 24.4. The van der Waals surface area contributed by atoms with Gasteiger partial charge in [-0.25, -0.2) is 9.78 Å². The van der Waals surface area contributed by atoms with Crippen LogP contribution in [0, 0.1) is 0 Å². The van der Waals surface area contributed by atoms with Crippen LogP contribution in [-0.2, 0) is 39.9 Å². The second-order valence-electron chi connectivity index (χ2n) is 12.6. The molecule has 5 unspecified atom stereocenters. The summed E-state index contributed by atoms with van der Waals surface area (Å²) in [6.45, 7) is 4.18. The molecule has 0 bridgehead atoms. The van der Waals surface area contributed by atoms with Gasteiger partial charge < -0.3 is 35.4 Å². The molecular weight excluding hydrogens is 660 g/mol. The summed E-state index contributed by atoms with van der Waals surface area (Å²) in [5, 5.41) is 10.5. The first-order valence-corrected chi connectivity index (χ1v) is 17.0. The van der Waals surface area contributed by atoms with Crippen molar-refractivity contribution in [3.8, 4) is 0 Å². The number of carbonyl (C=O) groups is 7. The third kappa shape index (κ3) is 10.2. The second-order valence-corrected chi connectivity index (χ2v) is 12.6. The molecule has 3 heterocycles. The fourth-order valence-corrected chi connectivity index (χ4v) is 6.03. The number of esters is 1. The molecule has 0 radical (unpaired) electrons. The maximum absolute atomic E-state index is 14.2. The number of hydrogen-bond acceptors (Lipinski definition) is 9. The van der Waals surface area contributed by atoms with Gasteiger partial charge in [-0.1, -0.05) is 43.3 Å². The molecule has 4 N–H and O–H groups in total. The smallest absolute Gasteiger partial charge is 0.325 e. The maximum atomic E-state index is 14.2. The summed E-state index contributed by atoms with van der Waals surface area (Å²) in [5.74, 6) is -3.64. The van der Waals surface area contributed by atoms with Gasteiger partial charge in [0, 0.05) is 32.8 Å². The molecule has 4 rings (SSSR count). The standard InChI is InChI=1S/C35H46N8O8/c1-5-17-42-23(3)30(45)37-22(2)32(47)41(4)20-29(44)51-21-26(33(48)43-18-11-14-27(43)34(42)49)38-31(46)25(19-24-12-7-6-8-13-24)39-35(50)40-28-15-9-10-16-36-28/h6-10,12-13,15-16,22-23,25-27H,5,11,14,17-21H2,1-4H3,(H,37,45)(H,38,46)(H2,36,39,40,50). The van der Waals surface area contributed by atoms with Crippen molar-refractivity contribution >= 4 is 47.4 Å². The van der Waals surface area contributed by atoms with Gasteiger partial charge in [-0.3, -0.25) is 34.1 Å². The van der Waals surface area contributed by atoms with Crippen molar-refractivity contribution < 1.29 is 38.3 Å². The molecule has 1 aromatic carbocycles. The first-order valence-electron chi connectivity index (χ1n) is 17.0. The van der Waals surface area contributed by atoms with E-state index in [9.17, 15) is 33.6 Å². The van der Waals surface area contributed by atoms with Crippen molar-refractivity contribution in [1.82, 2.24) is 35.6 Å². The number of fused-ring (bicyclic) bond motifs is 1. The Labute approximate surface area is 296 Å². The number of anilines is 1.